The van der Waals surface area contributed by atoms with E-state index >= 15 is 0 Å². The molecular formula is H4Ca34Cl4+68. The summed E-state index contributed by atoms with van der Waals surface area (Å²) in [6.45, 7) is 0. The van der Waals surface area contributed by atoms with E-state index in [1.807, 2.05) is 0 Å². The summed E-state index contributed by atoms with van der Waals surface area (Å²) in [7, 11) is 0. The summed E-state index contributed by atoms with van der Waals surface area (Å²) >= 11 is 0. The zero-order valence-corrected chi connectivity index (χ0v) is 104. The van der Waals surface area contributed by atoms with Gasteiger partial charge in [0.25, 0.3) is 0 Å². The molecule has 0 aromatic carbocycles. The molecule has 32 valence electrons. The van der Waals surface area contributed by atoms with Gasteiger partial charge in [0, 0.05) is 0 Å². The molecule has 0 N–H and O–H groups in total. The molecule has 38 heavy (non-hydrogen) atoms. The maximum atomic E-state index is 0. The molecule has 0 aliphatic rings. The van der Waals surface area contributed by atoms with Gasteiger partial charge < -0.3 is 0 Å². The van der Waals surface area contributed by atoms with Crippen molar-refractivity contribution in [2.75, 3.05) is 0 Å². The van der Waals surface area contributed by atoms with Gasteiger partial charge in [0.05, 0.1) is 0 Å². The third kappa shape index (κ3) is 258. The molecule has 0 aromatic rings. The predicted octanol–water partition coefficient (Wildman–Crippen LogP) is -11.3. The van der Waals surface area contributed by atoms with E-state index in [2.05, 4.69) is 0 Å². The van der Waals surface area contributed by atoms with Crippen LogP contribution in [0, 0.1) is 0 Å². The summed E-state index contributed by atoms with van der Waals surface area (Å²) in [6.07, 6.45) is 0. The molecule has 0 nitrogen and oxygen atoms in total. The molecule has 0 bridgehead atoms. The normalized spacial score (nSPS) is 0. The van der Waals surface area contributed by atoms with E-state index < -0.39 is 0 Å². The van der Waals surface area contributed by atoms with Gasteiger partial charge in [0.2, 0.25) is 0 Å². The first-order chi connectivity index (χ1) is 0. The number of rotatable bonds is 0. The zero-order chi connectivity index (χ0) is 0. The third-order valence-corrected chi connectivity index (χ3v) is 0. The van der Waals surface area contributed by atoms with Crippen LogP contribution in [-0.2, 0) is 0 Å². The van der Waals surface area contributed by atoms with Gasteiger partial charge >= 0.3 is 1280 Å². The minimum Gasteiger partial charge on any atom is -0.147 e. The standard InChI is InChI=1S/34Ca.4ClH/h;;;;;;;;;;;;;;;;;;;;;;;;;;;;;;;;;;4*1H/q34*+2;;;;. The Kier molecular flexibility index (Phi) is 1960. The van der Waals surface area contributed by atoms with Gasteiger partial charge in [-0.2, -0.15) is 0 Å². The number of hydrogen-bond donors (Lipinski definition) is 0. The monoisotopic (exact) mass is 1500 g/mol. The summed E-state index contributed by atoms with van der Waals surface area (Å²) in [5.74, 6) is 0. The van der Waals surface area contributed by atoms with Crippen LogP contribution in [0.4, 0.5) is 0 Å². The molecule has 0 aromatic heterocycles. The Hall–Kier alpha value is 44.0. The van der Waals surface area contributed by atoms with Crippen LogP contribution in [0.1, 0.15) is 0 Å². The molecule has 0 saturated carbocycles. The van der Waals surface area contributed by atoms with Crippen molar-refractivity contribution in [3.8, 4) is 0 Å². The van der Waals surface area contributed by atoms with Gasteiger partial charge in [-0.25, -0.2) is 0 Å². The summed E-state index contributed by atoms with van der Waals surface area (Å²) in [4.78, 5) is 0. The Labute approximate surface area is 1280 Å². The maximum Gasteiger partial charge on any atom is 2.00 e. The van der Waals surface area contributed by atoms with Crippen LogP contribution >= 0.6 is 49.6 Å². The zero-order valence-electron chi connectivity index (χ0n) is 25.7. The van der Waals surface area contributed by atoms with E-state index in [0.29, 0.717) is 0 Å². The van der Waals surface area contributed by atoms with Crippen molar-refractivity contribution < 1.29 is 0 Å². The van der Waals surface area contributed by atoms with E-state index in [-0.39, 0.29) is 1330 Å². The first kappa shape index (κ1) is 278. The van der Waals surface area contributed by atoms with Crippen molar-refractivity contribution in [2.24, 2.45) is 0 Å². The van der Waals surface area contributed by atoms with Crippen molar-refractivity contribution in [3.05, 3.63) is 0 Å². The molecule has 38 heteroatoms. The second-order valence-corrected chi connectivity index (χ2v) is 0. The predicted molar refractivity (Wildman–Crippen MR) is 225 cm³/mol. The Balaban J connectivity index is 0. The van der Waals surface area contributed by atoms with Crippen LogP contribution in [0.2, 0.25) is 0 Å². The number of halogens is 4. The van der Waals surface area contributed by atoms with Crippen molar-refractivity contribution in [2.45, 2.75) is 0 Å². The van der Waals surface area contributed by atoms with Crippen LogP contribution in [-0.4, -0.2) is 1280 Å². The minimum atomic E-state index is 0. The average Bonchev–Trinajstić information content (AvgIpc) is 0. The minimum absolute atomic E-state index is 0. The summed E-state index contributed by atoms with van der Waals surface area (Å²) < 4.78 is 0. The van der Waals surface area contributed by atoms with Crippen LogP contribution < -0.4 is 0 Å². The fourth-order valence-electron chi connectivity index (χ4n) is 0. The molecule has 0 spiro atoms. The van der Waals surface area contributed by atoms with E-state index in [4.69, 9.17) is 0 Å². The van der Waals surface area contributed by atoms with Crippen molar-refractivity contribution in [1.82, 2.24) is 0 Å². The summed E-state index contributed by atoms with van der Waals surface area (Å²) in [5, 5.41) is 0. The molecule has 0 rings (SSSR count). The maximum absolute atomic E-state index is 0. The molecule has 0 aliphatic heterocycles. The topological polar surface area (TPSA) is 0 Å². The fraction of sp³-hybridized carbons (Fsp3) is 0. The molecule has 0 fully saturated rings. The van der Waals surface area contributed by atoms with E-state index in [9.17, 15) is 0 Å². The molecule has 0 radical (unpaired) electrons. The average molecular weight is 1510 g/mol. The van der Waals surface area contributed by atoms with Gasteiger partial charge in [0.1, 0.15) is 0 Å². The van der Waals surface area contributed by atoms with Crippen LogP contribution in [0.5, 0.6) is 0 Å². The molecule has 0 unspecified atom stereocenters. The SMILES string of the molecule is Cl.Cl.Cl.Cl.[Ca+2].[Ca+2].[Ca+2].[Ca+2].[Ca+2].[Ca+2].[Ca+2].[Ca+2].[Ca+2].[Ca+2].[Ca+2].[Ca+2].[Ca+2].[Ca+2].[Ca+2].[Ca+2].[Ca+2].[Ca+2].[Ca+2].[Ca+2].[Ca+2].[Ca+2].[Ca+2].[Ca+2].[Ca+2].[Ca+2].[Ca+2].[Ca+2].[Ca+2].[Ca+2].[Ca+2].[Ca+2].[Ca+2].[Ca+2]. The third-order valence-electron chi connectivity index (χ3n) is 0. The first-order valence-corrected chi connectivity index (χ1v) is 0. The smallest absolute Gasteiger partial charge is 0.147 e. The molecule has 0 saturated heterocycles. The van der Waals surface area contributed by atoms with E-state index in [1.54, 1.807) is 0 Å². The first-order valence-electron chi connectivity index (χ1n) is 0. The summed E-state index contributed by atoms with van der Waals surface area (Å²) in [5.41, 5.74) is 0. The Bertz CT molecular complexity index is 18.4. The van der Waals surface area contributed by atoms with Gasteiger partial charge in [-0.05, 0) is 0 Å². The van der Waals surface area contributed by atoms with Crippen molar-refractivity contribution >= 4 is 1330 Å². The second kappa shape index (κ2) is 268. The van der Waals surface area contributed by atoms with Gasteiger partial charge in [-0.1, -0.05) is 0 Å². The van der Waals surface area contributed by atoms with Crippen LogP contribution in [0.3, 0.4) is 0 Å². The van der Waals surface area contributed by atoms with Gasteiger partial charge in [0.15, 0.2) is 0 Å². The van der Waals surface area contributed by atoms with Gasteiger partial charge in [-0.15, -0.1) is 49.6 Å². The Morgan fingerprint density at radius 2 is 0.0526 bits per heavy atom. The Morgan fingerprint density at radius 1 is 0.0526 bits per heavy atom. The van der Waals surface area contributed by atoms with Crippen molar-refractivity contribution in [3.63, 3.8) is 0 Å². The quantitative estimate of drug-likeness (QED) is 0.212. The molecule has 0 amide bonds. The van der Waals surface area contributed by atoms with Crippen LogP contribution in [0.15, 0.2) is 0 Å². The fourth-order valence-corrected chi connectivity index (χ4v) is 0. The van der Waals surface area contributed by atoms with E-state index in [1.165, 1.54) is 0 Å². The van der Waals surface area contributed by atoms with Crippen LogP contribution in [0.25, 0.3) is 0 Å². The van der Waals surface area contributed by atoms with Crippen molar-refractivity contribution in [1.29, 1.82) is 0 Å². The number of hydrogen-bond acceptors (Lipinski definition) is 0. The molecule has 0 heterocycles. The second-order valence-electron chi connectivity index (χ2n) is 0. The summed E-state index contributed by atoms with van der Waals surface area (Å²) in [6, 6.07) is 0. The largest absolute Gasteiger partial charge is 2.00 e. The molecular weight excluding hydrogens is 1500 g/mol. The molecule has 0 aliphatic carbocycles. The van der Waals surface area contributed by atoms with E-state index in [0.717, 1.165) is 0 Å². The van der Waals surface area contributed by atoms with Gasteiger partial charge in [-0.3, -0.25) is 0 Å². The Morgan fingerprint density at radius 3 is 0.0526 bits per heavy atom. The molecule has 0 atom stereocenters.